The molecule has 1 amide bonds. The van der Waals surface area contributed by atoms with Crippen molar-refractivity contribution in [2.75, 3.05) is 45.9 Å². The third-order valence-electron chi connectivity index (χ3n) is 6.17. The summed E-state index contributed by atoms with van der Waals surface area (Å²) in [6.45, 7) is 8.64. The van der Waals surface area contributed by atoms with Crippen LogP contribution in [0.5, 0.6) is 0 Å². The number of halogens is 1. The van der Waals surface area contributed by atoms with Gasteiger partial charge < -0.3 is 9.64 Å². The van der Waals surface area contributed by atoms with Gasteiger partial charge in [0, 0.05) is 30.7 Å². The third-order valence-corrected chi connectivity index (χ3v) is 6.70. The molecule has 2 saturated heterocycles. The number of hydrogen-bond acceptors (Lipinski definition) is 4. The molecule has 0 radical (unpaired) electrons. The van der Waals surface area contributed by atoms with E-state index in [0.717, 1.165) is 74.6 Å². The molecule has 156 valence electrons. The predicted octanol–water partition coefficient (Wildman–Crippen LogP) is 3.52. The molecular weight excluding hydrogens is 432 g/mol. The standard InChI is InChI=1S/C22H29BrN4O2/c1-17-21(16-24-27(17)20-4-2-19(23)3-5-20)22(28)26-10-7-18(8-11-26)6-9-25-12-14-29-15-13-25/h2-5,16,18H,6-15H2,1H3. The number of likely N-dealkylation sites (tertiary alicyclic amines) is 1. The van der Waals surface area contributed by atoms with Crippen LogP contribution in [0.15, 0.2) is 34.9 Å². The lowest BCUT2D eigenvalue weighted by Gasteiger charge is -2.34. The summed E-state index contributed by atoms with van der Waals surface area (Å²) in [6.07, 6.45) is 5.12. The van der Waals surface area contributed by atoms with Gasteiger partial charge in [0.1, 0.15) is 0 Å². The Bertz CT molecular complexity index is 822. The fourth-order valence-electron chi connectivity index (χ4n) is 4.25. The van der Waals surface area contributed by atoms with Crippen LogP contribution in [0.2, 0.25) is 0 Å². The Hall–Kier alpha value is -1.70. The molecule has 0 atom stereocenters. The van der Waals surface area contributed by atoms with Gasteiger partial charge in [0.25, 0.3) is 5.91 Å². The van der Waals surface area contributed by atoms with Gasteiger partial charge in [-0.2, -0.15) is 5.10 Å². The van der Waals surface area contributed by atoms with E-state index in [2.05, 4.69) is 25.9 Å². The van der Waals surface area contributed by atoms with E-state index < -0.39 is 0 Å². The summed E-state index contributed by atoms with van der Waals surface area (Å²) >= 11 is 3.46. The monoisotopic (exact) mass is 460 g/mol. The Morgan fingerprint density at radius 1 is 1.14 bits per heavy atom. The van der Waals surface area contributed by atoms with Crippen LogP contribution in [0.1, 0.15) is 35.3 Å². The Labute approximate surface area is 180 Å². The molecule has 2 fully saturated rings. The molecule has 4 rings (SSSR count). The molecule has 1 aromatic carbocycles. The molecule has 0 bridgehead atoms. The van der Waals surface area contributed by atoms with E-state index in [1.165, 1.54) is 6.42 Å². The lowest BCUT2D eigenvalue weighted by molar-refractivity contribution is 0.0332. The molecule has 0 saturated carbocycles. The van der Waals surface area contributed by atoms with Crippen molar-refractivity contribution in [1.82, 2.24) is 19.6 Å². The first kappa shape index (κ1) is 20.6. The number of amides is 1. The fourth-order valence-corrected chi connectivity index (χ4v) is 4.51. The van der Waals surface area contributed by atoms with E-state index in [1.807, 2.05) is 40.8 Å². The van der Waals surface area contributed by atoms with Crippen LogP contribution in [0, 0.1) is 12.8 Å². The Morgan fingerprint density at radius 3 is 2.52 bits per heavy atom. The van der Waals surface area contributed by atoms with Gasteiger partial charge in [-0.1, -0.05) is 15.9 Å². The van der Waals surface area contributed by atoms with Gasteiger partial charge in [-0.05, 0) is 62.9 Å². The highest BCUT2D eigenvalue weighted by Crippen LogP contribution is 2.24. The molecule has 0 spiro atoms. The molecule has 29 heavy (non-hydrogen) atoms. The van der Waals surface area contributed by atoms with Gasteiger partial charge in [-0.3, -0.25) is 9.69 Å². The number of aromatic nitrogens is 2. The maximum Gasteiger partial charge on any atom is 0.257 e. The Kier molecular flexibility index (Phi) is 6.67. The van der Waals surface area contributed by atoms with Crippen LogP contribution in [0.3, 0.4) is 0 Å². The molecule has 3 heterocycles. The van der Waals surface area contributed by atoms with E-state index in [1.54, 1.807) is 6.20 Å². The second-order valence-electron chi connectivity index (χ2n) is 8.01. The van der Waals surface area contributed by atoms with Gasteiger partial charge in [0.15, 0.2) is 0 Å². The van der Waals surface area contributed by atoms with Crippen molar-refractivity contribution < 1.29 is 9.53 Å². The lowest BCUT2D eigenvalue weighted by atomic mass is 9.93. The van der Waals surface area contributed by atoms with Crippen molar-refractivity contribution >= 4 is 21.8 Å². The van der Waals surface area contributed by atoms with Crippen LogP contribution in [-0.4, -0.2) is 71.4 Å². The van der Waals surface area contributed by atoms with Crippen molar-refractivity contribution in [2.24, 2.45) is 5.92 Å². The van der Waals surface area contributed by atoms with Crippen LogP contribution in [0.4, 0.5) is 0 Å². The summed E-state index contributed by atoms with van der Waals surface area (Å²) in [4.78, 5) is 17.6. The summed E-state index contributed by atoms with van der Waals surface area (Å²) in [6, 6.07) is 7.97. The number of benzene rings is 1. The zero-order valence-corrected chi connectivity index (χ0v) is 18.6. The first-order valence-corrected chi connectivity index (χ1v) is 11.3. The SMILES string of the molecule is Cc1c(C(=O)N2CCC(CCN3CCOCC3)CC2)cnn1-c1ccc(Br)cc1. The van der Waals surface area contributed by atoms with Gasteiger partial charge in [0.2, 0.25) is 0 Å². The first-order chi connectivity index (χ1) is 14.1. The topological polar surface area (TPSA) is 50.6 Å². The smallest absolute Gasteiger partial charge is 0.257 e. The third kappa shape index (κ3) is 4.90. The zero-order valence-electron chi connectivity index (χ0n) is 17.0. The zero-order chi connectivity index (χ0) is 20.2. The number of nitrogens with zero attached hydrogens (tertiary/aromatic N) is 4. The first-order valence-electron chi connectivity index (χ1n) is 10.5. The van der Waals surface area contributed by atoms with E-state index in [9.17, 15) is 4.79 Å². The van der Waals surface area contributed by atoms with E-state index in [-0.39, 0.29) is 5.91 Å². The molecule has 1 aromatic heterocycles. The predicted molar refractivity (Wildman–Crippen MR) is 117 cm³/mol. The fraction of sp³-hybridized carbons (Fsp3) is 0.545. The van der Waals surface area contributed by atoms with Gasteiger partial charge in [-0.15, -0.1) is 0 Å². The average molecular weight is 461 g/mol. The van der Waals surface area contributed by atoms with Crippen LogP contribution >= 0.6 is 15.9 Å². The second kappa shape index (κ2) is 9.41. The number of carbonyl (C=O) groups is 1. The number of rotatable bonds is 5. The number of hydrogen-bond donors (Lipinski definition) is 0. The number of morpholine rings is 1. The van der Waals surface area contributed by atoms with Crippen molar-refractivity contribution in [3.8, 4) is 5.69 Å². The number of ether oxygens (including phenoxy) is 1. The van der Waals surface area contributed by atoms with Crippen LogP contribution < -0.4 is 0 Å². The minimum atomic E-state index is 0.109. The largest absolute Gasteiger partial charge is 0.379 e. The maximum absolute atomic E-state index is 13.1. The van der Waals surface area contributed by atoms with Crippen LogP contribution in [-0.2, 0) is 4.74 Å². The molecule has 7 heteroatoms. The normalized spacial score (nSPS) is 18.9. The highest BCUT2D eigenvalue weighted by Gasteiger charge is 2.26. The number of carbonyl (C=O) groups excluding carboxylic acids is 1. The van der Waals surface area contributed by atoms with Gasteiger partial charge >= 0.3 is 0 Å². The van der Waals surface area contributed by atoms with Gasteiger partial charge in [-0.25, -0.2) is 4.68 Å². The minimum absolute atomic E-state index is 0.109. The molecular formula is C22H29BrN4O2. The highest BCUT2D eigenvalue weighted by molar-refractivity contribution is 9.10. The summed E-state index contributed by atoms with van der Waals surface area (Å²) in [5, 5.41) is 4.47. The summed E-state index contributed by atoms with van der Waals surface area (Å²) in [7, 11) is 0. The molecule has 0 aliphatic carbocycles. The summed E-state index contributed by atoms with van der Waals surface area (Å²) in [5.74, 6) is 0.825. The van der Waals surface area contributed by atoms with E-state index >= 15 is 0 Å². The second-order valence-corrected chi connectivity index (χ2v) is 8.93. The Balaban J connectivity index is 1.32. The average Bonchev–Trinajstić information content (AvgIpc) is 3.15. The molecule has 6 nitrogen and oxygen atoms in total. The van der Waals surface area contributed by atoms with E-state index in [0.29, 0.717) is 11.5 Å². The molecule has 0 unspecified atom stereocenters. The maximum atomic E-state index is 13.1. The van der Waals surface area contributed by atoms with Crippen molar-refractivity contribution in [1.29, 1.82) is 0 Å². The summed E-state index contributed by atoms with van der Waals surface area (Å²) in [5.41, 5.74) is 2.57. The molecule has 0 N–H and O–H groups in total. The van der Waals surface area contributed by atoms with Crippen molar-refractivity contribution in [3.05, 3.63) is 46.2 Å². The Morgan fingerprint density at radius 2 is 1.83 bits per heavy atom. The quantitative estimate of drug-likeness (QED) is 0.684. The van der Waals surface area contributed by atoms with Crippen molar-refractivity contribution in [2.45, 2.75) is 26.2 Å². The molecule has 2 aliphatic heterocycles. The molecule has 2 aromatic rings. The van der Waals surface area contributed by atoms with Crippen LogP contribution in [0.25, 0.3) is 5.69 Å². The van der Waals surface area contributed by atoms with E-state index in [4.69, 9.17) is 4.74 Å². The number of piperidine rings is 1. The van der Waals surface area contributed by atoms with Crippen molar-refractivity contribution in [3.63, 3.8) is 0 Å². The van der Waals surface area contributed by atoms with Gasteiger partial charge in [0.05, 0.1) is 36.4 Å². The lowest BCUT2D eigenvalue weighted by Crippen LogP contribution is -2.41. The summed E-state index contributed by atoms with van der Waals surface area (Å²) < 4.78 is 8.29. The highest BCUT2D eigenvalue weighted by atomic mass is 79.9. The molecule has 2 aliphatic rings. The minimum Gasteiger partial charge on any atom is -0.379 e.